The van der Waals surface area contributed by atoms with Gasteiger partial charge < -0.3 is 15.5 Å². The molecule has 0 bridgehead atoms. The summed E-state index contributed by atoms with van der Waals surface area (Å²) in [7, 11) is 3.09. The minimum atomic E-state index is -0.621. The summed E-state index contributed by atoms with van der Waals surface area (Å²) in [5.74, 6) is -1.08. The fourth-order valence-corrected chi connectivity index (χ4v) is 2.90. The molecule has 1 aliphatic rings. The van der Waals surface area contributed by atoms with Crippen molar-refractivity contribution < 1.29 is 14.0 Å². The standard InChI is InChI=1S/C17H20FN5O2/c1-23(2)16(24)13-8-12(3-5-14(13)18)21-17(25)20-11-4-6-15-10(7-11)9-19-22-15/h3,5,8-9,11H,4,6-7H2,1-2H3,(H,19,22)(H2,20,21,25). The summed E-state index contributed by atoms with van der Waals surface area (Å²) in [5, 5.41) is 12.5. The number of nitrogens with zero attached hydrogens (tertiary/aromatic N) is 2. The van der Waals surface area contributed by atoms with Crippen molar-refractivity contribution in [2.75, 3.05) is 19.4 Å². The summed E-state index contributed by atoms with van der Waals surface area (Å²) in [6.45, 7) is 0. The Labute approximate surface area is 144 Å². The normalized spacial score (nSPS) is 16.0. The average molecular weight is 345 g/mol. The van der Waals surface area contributed by atoms with Crippen molar-refractivity contribution in [2.45, 2.75) is 25.3 Å². The number of aromatic nitrogens is 2. The second kappa shape index (κ2) is 6.92. The minimum Gasteiger partial charge on any atom is -0.345 e. The van der Waals surface area contributed by atoms with Gasteiger partial charge in [-0.3, -0.25) is 9.89 Å². The van der Waals surface area contributed by atoms with Crippen LogP contribution in [0.1, 0.15) is 28.0 Å². The molecule has 8 heteroatoms. The van der Waals surface area contributed by atoms with Crippen LogP contribution in [0.25, 0.3) is 0 Å². The average Bonchev–Trinajstić information content (AvgIpc) is 3.03. The van der Waals surface area contributed by atoms with Gasteiger partial charge in [-0.25, -0.2) is 9.18 Å². The number of H-pyrrole nitrogens is 1. The number of hydrogen-bond acceptors (Lipinski definition) is 3. The van der Waals surface area contributed by atoms with Gasteiger partial charge in [0.1, 0.15) is 5.82 Å². The fraction of sp³-hybridized carbons (Fsp3) is 0.353. The third kappa shape index (κ3) is 3.78. The van der Waals surface area contributed by atoms with Crippen LogP contribution in [0.4, 0.5) is 14.9 Å². The third-order valence-corrected chi connectivity index (χ3v) is 4.21. The molecule has 1 aliphatic carbocycles. The van der Waals surface area contributed by atoms with Gasteiger partial charge in [-0.15, -0.1) is 0 Å². The first-order valence-corrected chi connectivity index (χ1v) is 8.04. The molecule has 7 nitrogen and oxygen atoms in total. The van der Waals surface area contributed by atoms with Crippen LogP contribution in [0, 0.1) is 5.82 Å². The van der Waals surface area contributed by atoms with Gasteiger partial charge in [0.15, 0.2) is 0 Å². The lowest BCUT2D eigenvalue weighted by Gasteiger charge is -2.23. The van der Waals surface area contributed by atoms with Gasteiger partial charge in [-0.2, -0.15) is 5.10 Å². The number of fused-ring (bicyclic) bond motifs is 1. The highest BCUT2D eigenvalue weighted by molar-refractivity contribution is 5.97. The van der Waals surface area contributed by atoms with E-state index in [4.69, 9.17) is 0 Å². The van der Waals surface area contributed by atoms with E-state index in [1.807, 2.05) is 0 Å². The maximum absolute atomic E-state index is 13.8. The van der Waals surface area contributed by atoms with E-state index in [9.17, 15) is 14.0 Å². The number of nitrogens with one attached hydrogen (secondary N) is 3. The van der Waals surface area contributed by atoms with Gasteiger partial charge in [0.2, 0.25) is 0 Å². The second-order valence-corrected chi connectivity index (χ2v) is 6.31. The number of urea groups is 1. The van der Waals surface area contributed by atoms with Crippen LogP contribution < -0.4 is 10.6 Å². The van der Waals surface area contributed by atoms with E-state index in [0.29, 0.717) is 12.1 Å². The first-order chi connectivity index (χ1) is 11.9. The van der Waals surface area contributed by atoms with E-state index in [-0.39, 0.29) is 17.6 Å². The maximum atomic E-state index is 13.8. The zero-order valence-corrected chi connectivity index (χ0v) is 14.1. The van der Waals surface area contributed by atoms with Crippen LogP contribution in [0.2, 0.25) is 0 Å². The molecule has 1 aromatic heterocycles. The minimum absolute atomic E-state index is 0.00780. The van der Waals surface area contributed by atoms with Gasteiger partial charge in [0, 0.05) is 31.5 Å². The van der Waals surface area contributed by atoms with Crippen LogP contribution in [-0.2, 0) is 12.8 Å². The summed E-state index contributed by atoms with van der Waals surface area (Å²) >= 11 is 0. The Kier molecular flexibility index (Phi) is 4.69. The van der Waals surface area contributed by atoms with Crippen molar-refractivity contribution in [3.63, 3.8) is 0 Å². The number of hydrogen-bond donors (Lipinski definition) is 3. The van der Waals surface area contributed by atoms with Crippen molar-refractivity contribution in [2.24, 2.45) is 0 Å². The number of aryl methyl sites for hydroxylation is 1. The van der Waals surface area contributed by atoms with Gasteiger partial charge in [0.25, 0.3) is 5.91 Å². The molecule has 3 N–H and O–H groups in total. The Balaban J connectivity index is 1.63. The molecule has 0 saturated heterocycles. The molecule has 1 unspecified atom stereocenters. The second-order valence-electron chi connectivity index (χ2n) is 6.31. The molecule has 3 rings (SSSR count). The number of carbonyl (C=O) groups is 2. The van der Waals surface area contributed by atoms with Crippen molar-refractivity contribution in [3.05, 3.63) is 47.0 Å². The molecular formula is C17H20FN5O2. The molecule has 0 saturated carbocycles. The molecule has 3 amide bonds. The number of rotatable bonds is 3. The Morgan fingerprint density at radius 3 is 2.92 bits per heavy atom. The zero-order chi connectivity index (χ0) is 18.0. The number of amides is 3. The van der Waals surface area contributed by atoms with Crippen LogP contribution in [0.3, 0.4) is 0 Å². The quantitative estimate of drug-likeness (QED) is 0.794. The third-order valence-electron chi connectivity index (χ3n) is 4.21. The zero-order valence-electron chi connectivity index (χ0n) is 14.1. The lowest BCUT2D eigenvalue weighted by atomic mass is 9.94. The number of halogens is 1. The lowest BCUT2D eigenvalue weighted by Crippen LogP contribution is -2.41. The Morgan fingerprint density at radius 1 is 1.36 bits per heavy atom. The Hall–Kier alpha value is -2.90. The van der Waals surface area contributed by atoms with Crippen LogP contribution in [0.15, 0.2) is 24.4 Å². The number of benzene rings is 1. The largest absolute Gasteiger partial charge is 0.345 e. The summed E-state index contributed by atoms with van der Waals surface area (Å²) < 4.78 is 13.8. The van der Waals surface area contributed by atoms with E-state index < -0.39 is 11.7 Å². The summed E-state index contributed by atoms with van der Waals surface area (Å²) in [6, 6.07) is 3.56. The van der Waals surface area contributed by atoms with Gasteiger partial charge >= 0.3 is 6.03 Å². The highest BCUT2D eigenvalue weighted by Crippen LogP contribution is 2.19. The van der Waals surface area contributed by atoms with Crippen molar-refractivity contribution >= 4 is 17.6 Å². The Bertz CT molecular complexity index is 802. The molecule has 0 radical (unpaired) electrons. The molecule has 0 aliphatic heterocycles. The molecule has 0 fully saturated rings. The molecular weight excluding hydrogens is 325 g/mol. The van der Waals surface area contributed by atoms with Crippen molar-refractivity contribution in [1.29, 1.82) is 0 Å². The van der Waals surface area contributed by atoms with Crippen molar-refractivity contribution in [3.8, 4) is 0 Å². The molecule has 0 spiro atoms. The highest BCUT2D eigenvalue weighted by Gasteiger charge is 2.22. The first kappa shape index (κ1) is 16.9. The van der Waals surface area contributed by atoms with Gasteiger partial charge in [-0.1, -0.05) is 0 Å². The van der Waals surface area contributed by atoms with Gasteiger partial charge in [0.05, 0.1) is 11.8 Å². The fourth-order valence-electron chi connectivity index (χ4n) is 2.90. The van der Waals surface area contributed by atoms with Gasteiger partial charge in [-0.05, 0) is 43.0 Å². The molecule has 1 heterocycles. The maximum Gasteiger partial charge on any atom is 0.319 e. The van der Waals surface area contributed by atoms with E-state index in [1.54, 1.807) is 20.3 Å². The molecule has 2 aromatic rings. The first-order valence-electron chi connectivity index (χ1n) is 8.04. The number of carbonyl (C=O) groups excluding carboxylic acids is 2. The monoisotopic (exact) mass is 345 g/mol. The number of aromatic amines is 1. The summed E-state index contributed by atoms with van der Waals surface area (Å²) in [6.07, 6.45) is 4.14. The summed E-state index contributed by atoms with van der Waals surface area (Å²) in [5.41, 5.74) is 2.51. The SMILES string of the molecule is CN(C)C(=O)c1cc(NC(=O)NC2CCc3[nH]ncc3C2)ccc1F. The predicted molar refractivity (Wildman–Crippen MR) is 91.0 cm³/mol. The van der Waals surface area contributed by atoms with Crippen LogP contribution in [0.5, 0.6) is 0 Å². The van der Waals surface area contributed by atoms with E-state index in [0.717, 1.165) is 24.1 Å². The van der Waals surface area contributed by atoms with Crippen LogP contribution >= 0.6 is 0 Å². The molecule has 1 atom stereocenters. The summed E-state index contributed by atoms with van der Waals surface area (Å²) in [4.78, 5) is 25.4. The number of anilines is 1. The van der Waals surface area contributed by atoms with Crippen molar-refractivity contribution in [1.82, 2.24) is 20.4 Å². The van der Waals surface area contributed by atoms with Crippen LogP contribution in [-0.4, -0.2) is 47.2 Å². The molecule has 25 heavy (non-hydrogen) atoms. The molecule has 132 valence electrons. The van der Waals surface area contributed by atoms with E-state index >= 15 is 0 Å². The smallest absolute Gasteiger partial charge is 0.319 e. The Morgan fingerprint density at radius 2 is 2.16 bits per heavy atom. The predicted octanol–water partition coefficient (Wildman–Crippen LogP) is 1.93. The van der Waals surface area contributed by atoms with E-state index in [2.05, 4.69) is 20.8 Å². The molecule has 1 aromatic carbocycles. The highest BCUT2D eigenvalue weighted by atomic mass is 19.1. The topological polar surface area (TPSA) is 90.1 Å². The lowest BCUT2D eigenvalue weighted by molar-refractivity contribution is 0.0823. The van der Waals surface area contributed by atoms with E-state index in [1.165, 1.54) is 23.1 Å².